The number of nitrogens with zero attached hydrogens (tertiary/aromatic N) is 1. The first-order valence-electron chi connectivity index (χ1n) is 12.3. The summed E-state index contributed by atoms with van der Waals surface area (Å²) in [7, 11) is 0. The molecule has 8 heteroatoms. The summed E-state index contributed by atoms with van der Waals surface area (Å²) in [6.45, 7) is 9.55. The molecule has 1 fully saturated rings. The molecule has 1 N–H and O–H groups in total. The Balaban J connectivity index is 1.71. The van der Waals surface area contributed by atoms with Crippen LogP contribution >= 0.6 is 0 Å². The van der Waals surface area contributed by atoms with Gasteiger partial charge < -0.3 is 19.5 Å². The highest BCUT2D eigenvalue weighted by Crippen LogP contribution is 2.22. The summed E-state index contributed by atoms with van der Waals surface area (Å²) >= 11 is 0. The van der Waals surface area contributed by atoms with E-state index in [0.29, 0.717) is 6.42 Å². The summed E-state index contributed by atoms with van der Waals surface area (Å²) in [5.74, 6) is -0.413. The summed E-state index contributed by atoms with van der Waals surface area (Å²) in [4.78, 5) is 39.3. The smallest absolute Gasteiger partial charge is 0.417 e. The van der Waals surface area contributed by atoms with Gasteiger partial charge in [0.15, 0.2) is 0 Å². The third-order valence-corrected chi connectivity index (χ3v) is 5.47. The highest BCUT2D eigenvalue weighted by molar-refractivity contribution is 5.96. The Hall–Kier alpha value is -3.39. The fourth-order valence-corrected chi connectivity index (χ4v) is 4.01. The van der Waals surface area contributed by atoms with Crippen molar-refractivity contribution in [1.29, 1.82) is 0 Å². The molecule has 2 atom stereocenters. The summed E-state index contributed by atoms with van der Waals surface area (Å²) < 4.78 is 16.5. The third-order valence-electron chi connectivity index (χ3n) is 5.47. The number of rotatable bonds is 9. The SMILES string of the molecule is CC(C)O[C@@H](Cc1cccc(CNC(=O)OC(C)(C)C)c1)C(=O)N1C(=O)OC[C@@H]1Cc1ccccc1. The number of carbonyl (C=O) groups excluding carboxylic acids is 3. The largest absolute Gasteiger partial charge is 0.447 e. The minimum absolute atomic E-state index is 0.152. The molecule has 1 heterocycles. The van der Waals surface area contributed by atoms with Crippen LogP contribution in [-0.2, 0) is 38.4 Å². The van der Waals surface area contributed by atoms with E-state index in [-0.39, 0.29) is 25.7 Å². The molecule has 0 spiro atoms. The van der Waals surface area contributed by atoms with Gasteiger partial charge in [0.1, 0.15) is 18.3 Å². The second-order valence-corrected chi connectivity index (χ2v) is 10.2. The number of alkyl carbamates (subject to hydrolysis) is 1. The van der Waals surface area contributed by atoms with E-state index in [1.807, 2.05) is 68.4 Å². The molecule has 36 heavy (non-hydrogen) atoms. The quantitative estimate of drug-likeness (QED) is 0.544. The number of benzene rings is 2. The summed E-state index contributed by atoms with van der Waals surface area (Å²) in [5, 5.41) is 2.74. The van der Waals surface area contributed by atoms with Crippen molar-refractivity contribution in [2.45, 2.75) is 77.9 Å². The first kappa shape index (κ1) is 27.2. The molecule has 1 aliphatic heterocycles. The van der Waals surface area contributed by atoms with Crippen LogP contribution in [0.1, 0.15) is 51.3 Å². The summed E-state index contributed by atoms with van der Waals surface area (Å²) in [5.41, 5.74) is 2.15. The van der Waals surface area contributed by atoms with Gasteiger partial charge in [-0.2, -0.15) is 0 Å². The van der Waals surface area contributed by atoms with Crippen LogP contribution in [0.2, 0.25) is 0 Å². The molecule has 1 aliphatic rings. The predicted molar refractivity (Wildman–Crippen MR) is 135 cm³/mol. The molecule has 3 rings (SSSR count). The zero-order valence-electron chi connectivity index (χ0n) is 21.7. The van der Waals surface area contributed by atoms with Gasteiger partial charge in [0.25, 0.3) is 5.91 Å². The Labute approximate surface area is 212 Å². The Morgan fingerprint density at radius 2 is 1.72 bits per heavy atom. The molecule has 0 aromatic heterocycles. The maximum Gasteiger partial charge on any atom is 0.417 e. The Morgan fingerprint density at radius 1 is 1.06 bits per heavy atom. The van der Waals surface area contributed by atoms with Gasteiger partial charge in [0.05, 0.1) is 12.1 Å². The molecule has 0 radical (unpaired) electrons. The number of hydrogen-bond donors (Lipinski definition) is 1. The van der Waals surface area contributed by atoms with E-state index in [2.05, 4.69) is 5.32 Å². The minimum Gasteiger partial charge on any atom is -0.447 e. The van der Waals surface area contributed by atoms with Crippen LogP contribution in [0.15, 0.2) is 54.6 Å². The molecule has 1 saturated heterocycles. The molecule has 2 aromatic rings. The van der Waals surface area contributed by atoms with Gasteiger partial charge in [0, 0.05) is 13.0 Å². The molecule has 0 aliphatic carbocycles. The zero-order chi connectivity index (χ0) is 26.3. The number of imide groups is 1. The Morgan fingerprint density at radius 3 is 2.39 bits per heavy atom. The van der Waals surface area contributed by atoms with Crippen molar-refractivity contribution < 1.29 is 28.6 Å². The average molecular weight is 497 g/mol. The maximum absolute atomic E-state index is 13.6. The lowest BCUT2D eigenvalue weighted by Gasteiger charge is -2.26. The van der Waals surface area contributed by atoms with E-state index in [9.17, 15) is 14.4 Å². The first-order valence-corrected chi connectivity index (χ1v) is 12.3. The van der Waals surface area contributed by atoms with Gasteiger partial charge in [-0.1, -0.05) is 54.6 Å². The second kappa shape index (κ2) is 12.0. The van der Waals surface area contributed by atoms with Crippen molar-refractivity contribution in [2.75, 3.05) is 6.61 Å². The topological polar surface area (TPSA) is 94.2 Å². The fourth-order valence-electron chi connectivity index (χ4n) is 4.01. The van der Waals surface area contributed by atoms with Crippen LogP contribution in [0.4, 0.5) is 9.59 Å². The van der Waals surface area contributed by atoms with Crippen molar-refractivity contribution in [3.63, 3.8) is 0 Å². The number of nitrogens with one attached hydrogen (secondary N) is 1. The van der Waals surface area contributed by atoms with Crippen molar-refractivity contribution in [3.05, 3.63) is 71.3 Å². The number of hydrogen-bond acceptors (Lipinski definition) is 6. The van der Waals surface area contributed by atoms with E-state index in [1.165, 1.54) is 4.90 Å². The molecule has 194 valence electrons. The molecular formula is C28H36N2O6. The molecule has 2 aromatic carbocycles. The van der Waals surface area contributed by atoms with Crippen LogP contribution in [0.3, 0.4) is 0 Å². The van der Waals surface area contributed by atoms with E-state index in [0.717, 1.165) is 16.7 Å². The van der Waals surface area contributed by atoms with Crippen molar-refractivity contribution >= 4 is 18.1 Å². The van der Waals surface area contributed by atoms with Crippen LogP contribution in [-0.4, -0.2) is 53.5 Å². The standard InChI is InChI=1S/C28H36N2O6/c1-19(2)35-24(16-21-12-9-13-22(14-21)17-29-26(32)36-28(3,4)5)25(31)30-23(18-34-27(30)33)15-20-10-7-6-8-11-20/h6-14,19,23-24H,15-18H2,1-5H3,(H,29,32)/t23-,24-/m0/s1. The van der Waals surface area contributed by atoms with Gasteiger partial charge in [-0.15, -0.1) is 0 Å². The number of carbonyl (C=O) groups is 3. The van der Waals surface area contributed by atoms with E-state index in [4.69, 9.17) is 14.2 Å². The van der Waals surface area contributed by atoms with Crippen molar-refractivity contribution in [3.8, 4) is 0 Å². The third kappa shape index (κ3) is 8.09. The van der Waals surface area contributed by atoms with Gasteiger partial charge in [-0.3, -0.25) is 4.79 Å². The minimum atomic E-state index is -0.858. The van der Waals surface area contributed by atoms with Gasteiger partial charge >= 0.3 is 12.2 Å². The normalized spacial score (nSPS) is 16.6. The molecular weight excluding hydrogens is 460 g/mol. The number of amides is 3. The van der Waals surface area contributed by atoms with Crippen LogP contribution < -0.4 is 5.32 Å². The van der Waals surface area contributed by atoms with Gasteiger partial charge in [-0.05, 0) is 57.7 Å². The monoisotopic (exact) mass is 496 g/mol. The molecule has 0 unspecified atom stereocenters. The van der Waals surface area contributed by atoms with E-state index in [1.54, 1.807) is 20.8 Å². The maximum atomic E-state index is 13.6. The van der Waals surface area contributed by atoms with Crippen LogP contribution in [0.25, 0.3) is 0 Å². The Bertz CT molecular complexity index is 1050. The van der Waals surface area contributed by atoms with Crippen molar-refractivity contribution in [2.24, 2.45) is 0 Å². The van der Waals surface area contributed by atoms with Crippen molar-refractivity contribution in [1.82, 2.24) is 10.2 Å². The summed E-state index contributed by atoms with van der Waals surface area (Å²) in [6, 6.07) is 16.9. The summed E-state index contributed by atoms with van der Waals surface area (Å²) in [6.07, 6.45) is -1.43. The second-order valence-electron chi connectivity index (χ2n) is 10.2. The lowest BCUT2D eigenvalue weighted by molar-refractivity contribution is -0.144. The average Bonchev–Trinajstić information content (AvgIpc) is 3.16. The predicted octanol–water partition coefficient (Wildman–Crippen LogP) is 4.64. The fraction of sp³-hybridized carbons (Fsp3) is 0.464. The lowest BCUT2D eigenvalue weighted by atomic mass is 10.0. The van der Waals surface area contributed by atoms with Gasteiger partial charge in [-0.25, -0.2) is 14.5 Å². The molecule has 3 amide bonds. The number of cyclic esters (lactones) is 1. The van der Waals surface area contributed by atoms with Gasteiger partial charge in [0.2, 0.25) is 0 Å². The first-order chi connectivity index (χ1) is 17.0. The lowest BCUT2D eigenvalue weighted by Crippen LogP contribution is -2.47. The molecule has 0 bridgehead atoms. The zero-order valence-corrected chi connectivity index (χ0v) is 21.7. The van der Waals surface area contributed by atoms with E-state index >= 15 is 0 Å². The number of ether oxygens (including phenoxy) is 3. The molecule has 8 nitrogen and oxygen atoms in total. The Kier molecular flexibility index (Phi) is 9.09. The van der Waals surface area contributed by atoms with Crippen LogP contribution in [0.5, 0.6) is 0 Å². The highest BCUT2D eigenvalue weighted by atomic mass is 16.6. The molecule has 0 saturated carbocycles. The highest BCUT2D eigenvalue weighted by Gasteiger charge is 2.41. The van der Waals surface area contributed by atoms with Crippen LogP contribution in [0, 0.1) is 0 Å². The van der Waals surface area contributed by atoms with E-state index < -0.39 is 35.8 Å².